The van der Waals surface area contributed by atoms with E-state index in [2.05, 4.69) is 15.7 Å². The molecule has 0 spiro atoms. The van der Waals surface area contributed by atoms with Crippen LogP contribution in [0.3, 0.4) is 0 Å². The Balaban J connectivity index is 1.68. The third-order valence-electron chi connectivity index (χ3n) is 4.47. The number of nitrogens with one attached hydrogen (secondary N) is 2. The van der Waals surface area contributed by atoms with Crippen molar-refractivity contribution >= 4 is 28.7 Å². The number of benzene rings is 1. The van der Waals surface area contributed by atoms with Crippen LogP contribution >= 0.6 is 11.3 Å². The van der Waals surface area contributed by atoms with Gasteiger partial charge in [0.25, 0.3) is 5.91 Å². The van der Waals surface area contributed by atoms with Crippen molar-refractivity contribution in [1.82, 2.24) is 9.78 Å². The number of hydrogen-bond donors (Lipinski definition) is 3. The second-order valence-electron chi connectivity index (χ2n) is 6.36. The Kier molecular flexibility index (Phi) is 4.50. The Morgan fingerprint density at radius 1 is 1.32 bits per heavy atom. The van der Waals surface area contributed by atoms with Gasteiger partial charge in [-0.2, -0.15) is 18.3 Å². The van der Waals surface area contributed by atoms with Crippen LogP contribution in [0, 0.1) is 0 Å². The molecule has 2 atom stereocenters. The van der Waals surface area contributed by atoms with Gasteiger partial charge in [0.05, 0.1) is 12.2 Å². The van der Waals surface area contributed by atoms with Crippen molar-refractivity contribution in [3.05, 3.63) is 58.4 Å². The van der Waals surface area contributed by atoms with Crippen molar-refractivity contribution < 1.29 is 23.1 Å². The van der Waals surface area contributed by atoms with Crippen LogP contribution < -0.4 is 10.6 Å². The van der Waals surface area contributed by atoms with Gasteiger partial charge in [-0.1, -0.05) is 12.1 Å². The normalized spacial score (nSPS) is 19.0. The highest BCUT2D eigenvalue weighted by Gasteiger charge is 2.47. The van der Waals surface area contributed by atoms with E-state index in [0.29, 0.717) is 5.69 Å². The number of thiophene rings is 1. The molecule has 6 nitrogen and oxygen atoms in total. The summed E-state index contributed by atoms with van der Waals surface area (Å²) in [5.74, 6) is -0.639. The van der Waals surface area contributed by atoms with Crippen LogP contribution in [0.4, 0.5) is 24.7 Å². The number of aromatic hydroxyl groups is 1. The Morgan fingerprint density at radius 3 is 2.82 bits per heavy atom. The highest BCUT2D eigenvalue weighted by molar-refractivity contribution is 7.10. The van der Waals surface area contributed by atoms with Crippen molar-refractivity contribution in [3.63, 3.8) is 0 Å². The van der Waals surface area contributed by atoms with E-state index < -0.39 is 24.2 Å². The first-order chi connectivity index (χ1) is 13.3. The quantitative estimate of drug-likeness (QED) is 0.594. The summed E-state index contributed by atoms with van der Waals surface area (Å²) in [6, 6.07) is 7.01. The first kappa shape index (κ1) is 18.4. The minimum atomic E-state index is -4.50. The van der Waals surface area contributed by atoms with Gasteiger partial charge in [-0.25, -0.2) is 4.68 Å². The van der Waals surface area contributed by atoms with Crippen LogP contribution in [0.25, 0.3) is 0 Å². The molecule has 0 saturated carbocycles. The summed E-state index contributed by atoms with van der Waals surface area (Å²) >= 11 is 1.35. The minimum Gasteiger partial charge on any atom is -0.508 e. The number of aromatic nitrogens is 2. The number of carbonyl (C=O) groups is 1. The number of alkyl halides is 3. The molecule has 3 N–H and O–H groups in total. The number of hydrogen-bond acceptors (Lipinski definition) is 5. The molecule has 4 rings (SSSR count). The Bertz CT molecular complexity index is 1000. The van der Waals surface area contributed by atoms with E-state index in [0.717, 1.165) is 15.8 Å². The summed E-state index contributed by atoms with van der Waals surface area (Å²) in [4.78, 5) is 13.4. The second-order valence-corrected chi connectivity index (χ2v) is 7.34. The van der Waals surface area contributed by atoms with Crippen LogP contribution in [-0.2, 0) is 0 Å². The van der Waals surface area contributed by atoms with Crippen LogP contribution in [-0.4, -0.2) is 27.0 Å². The lowest BCUT2D eigenvalue weighted by molar-refractivity contribution is -0.173. The number of rotatable bonds is 3. The van der Waals surface area contributed by atoms with Crippen LogP contribution in [0.2, 0.25) is 0 Å². The van der Waals surface area contributed by atoms with Gasteiger partial charge in [-0.15, -0.1) is 11.3 Å². The van der Waals surface area contributed by atoms with Crippen molar-refractivity contribution in [1.29, 1.82) is 0 Å². The van der Waals surface area contributed by atoms with Gasteiger partial charge in [-0.05, 0) is 23.6 Å². The topological polar surface area (TPSA) is 79.2 Å². The highest BCUT2D eigenvalue weighted by Crippen LogP contribution is 2.45. The molecule has 1 aromatic carbocycles. The molecule has 3 heterocycles. The number of phenolic OH excluding ortho intramolecular Hbond substituents is 1. The fourth-order valence-corrected chi connectivity index (χ4v) is 3.98. The minimum absolute atomic E-state index is 0.00107. The summed E-state index contributed by atoms with van der Waals surface area (Å²) in [6.07, 6.45) is -3.60. The standard InChI is InChI=1S/C18H15F3N4O2S/c19-18(20,21)15-8-13(14-5-2-6-28-14)24-16-12(9-22-25(15)16)17(27)23-10-3-1-4-11(26)7-10/h1-7,9,13,15,24,26H,8H2,(H,23,27)/t13-,15+/m0/s1. The third kappa shape index (κ3) is 3.42. The van der Waals surface area contributed by atoms with Crippen LogP contribution in [0.1, 0.15) is 33.7 Å². The maximum absolute atomic E-state index is 13.6. The maximum atomic E-state index is 13.6. The number of halogens is 3. The molecule has 0 fully saturated rings. The largest absolute Gasteiger partial charge is 0.508 e. The van der Waals surface area contributed by atoms with Crippen molar-refractivity contribution in [3.8, 4) is 5.75 Å². The fraction of sp³-hybridized carbons (Fsp3) is 0.222. The zero-order chi connectivity index (χ0) is 19.9. The zero-order valence-corrected chi connectivity index (χ0v) is 15.1. The summed E-state index contributed by atoms with van der Waals surface area (Å²) in [6.45, 7) is 0. The summed E-state index contributed by atoms with van der Waals surface area (Å²) < 4.78 is 41.7. The smallest absolute Gasteiger partial charge is 0.410 e. The predicted molar refractivity (Wildman–Crippen MR) is 98.7 cm³/mol. The number of nitrogens with zero attached hydrogens (tertiary/aromatic N) is 2. The van der Waals surface area contributed by atoms with Crippen molar-refractivity contribution in [2.24, 2.45) is 0 Å². The number of fused-ring (bicyclic) bond motifs is 1. The van der Waals surface area contributed by atoms with E-state index in [1.165, 1.54) is 23.5 Å². The molecule has 0 unspecified atom stereocenters. The van der Waals surface area contributed by atoms with E-state index in [9.17, 15) is 23.1 Å². The van der Waals surface area contributed by atoms with E-state index in [4.69, 9.17) is 0 Å². The summed E-state index contributed by atoms with van der Waals surface area (Å²) in [5, 5.41) is 20.7. The molecule has 1 aliphatic rings. The molecule has 0 saturated heterocycles. The molecule has 28 heavy (non-hydrogen) atoms. The van der Waals surface area contributed by atoms with E-state index in [1.54, 1.807) is 29.6 Å². The summed E-state index contributed by atoms with van der Waals surface area (Å²) in [7, 11) is 0. The number of carbonyl (C=O) groups excluding carboxylic acids is 1. The lowest BCUT2D eigenvalue weighted by Crippen LogP contribution is -2.36. The monoisotopic (exact) mass is 408 g/mol. The molecule has 2 aromatic heterocycles. The molecular weight excluding hydrogens is 393 g/mol. The molecule has 1 amide bonds. The third-order valence-corrected chi connectivity index (χ3v) is 5.46. The van der Waals surface area contributed by atoms with Gasteiger partial charge >= 0.3 is 6.18 Å². The van der Waals surface area contributed by atoms with Crippen molar-refractivity contribution in [2.75, 3.05) is 10.6 Å². The van der Waals surface area contributed by atoms with Crippen molar-refractivity contribution in [2.45, 2.75) is 24.7 Å². The van der Waals surface area contributed by atoms with E-state index in [1.807, 2.05) is 0 Å². The van der Waals surface area contributed by atoms with E-state index in [-0.39, 0.29) is 23.6 Å². The van der Waals surface area contributed by atoms with Gasteiger partial charge in [0.1, 0.15) is 17.1 Å². The maximum Gasteiger partial charge on any atom is 0.410 e. The number of phenols is 1. The molecule has 0 radical (unpaired) electrons. The zero-order valence-electron chi connectivity index (χ0n) is 14.3. The SMILES string of the molecule is O=C(Nc1cccc(O)c1)c1cnn2c1N[C@H](c1cccs1)C[C@@H]2C(F)(F)F. The Morgan fingerprint density at radius 2 is 2.14 bits per heavy atom. The van der Waals surface area contributed by atoms with Crippen LogP contribution in [0.15, 0.2) is 48.0 Å². The molecule has 10 heteroatoms. The fourth-order valence-electron chi connectivity index (χ4n) is 3.19. The van der Waals surface area contributed by atoms with Gasteiger partial charge in [-0.3, -0.25) is 4.79 Å². The number of amides is 1. The van der Waals surface area contributed by atoms with Crippen LogP contribution in [0.5, 0.6) is 5.75 Å². The lowest BCUT2D eigenvalue weighted by Gasteiger charge is -2.33. The molecule has 146 valence electrons. The molecule has 0 bridgehead atoms. The van der Waals surface area contributed by atoms with Gasteiger partial charge in [0.15, 0.2) is 6.04 Å². The molecule has 3 aromatic rings. The van der Waals surface area contributed by atoms with Gasteiger partial charge < -0.3 is 15.7 Å². The molecule has 0 aliphatic carbocycles. The average Bonchev–Trinajstić information content (AvgIpc) is 3.29. The molecular formula is C18H15F3N4O2S. The van der Waals surface area contributed by atoms with Gasteiger partial charge in [0, 0.05) is 23.1 Å². The second kappa shape index (κ2) is 6.86. The average molecular weight is 408 g/mol. The molecule has 1 aliphatic heterocycles. The Labute approximate surface area is 161 Å². The number of anilines is 2. The van der Waals surface area contributed by atoms with E-state index >= 15 is 0 Å². The summed E-state index contributed by atoms with van der Waals surface area (Å²) in [5.41, 5.74) is 0.321. The lowest BCUT2D eigenvalue weighted by atomic mass is 10.0. The highest BCUT2D eigenvalue weighted by atomic mass is 32.1. The Hall–Kier alpha value is -3.01. The predicted octanol–water partition coefficient (Wildman–Crippen LogP) is 4.56. The first-order valence-electron chi connectivity index (χ1n) is 8.37. The first-order valence-corrected chi connectivity index (χ1v) is 9.25. The van der Waals surface area contributed by atoms with Gasteiger partial charge in [0.2, 0.25) is 0 Å².